The predicted molar refractivity (Wildman–Crippen MR) is 270 cm³/mol. The van der Waals surface area contributed by atoms with E-state index in [1.807, 2.05) is 201 Å². The molecule has 0 bridgehead atoms. The van der Waals surface area contributed by atoms with Crippen molar-refractivity contribution in [1.82, 2.24) is 39.9 Å². The Morgan fingerprint density at radius 3 is 0.477 bits per heavy atom. The Hall–Kier alpha value is -2.00. The second kappa shape index (κ2) is 36.0. The molecule has 3 radical (unpaired) electrons. The molecule has 8 nitrogen and oxygen atoms in total. The molecule has 0 unspecified atom stereocenters. The predicted octanol–water partition coefficient (Wildman–Crippen LogP) is 10.7. The molecule has 0 aromatic carbocycles. The molecule has 0 aliphatic rings. The van der Waals surface area contributed by atoms with Gasteiger partial charge in [-0.25, -0.2) is 0 Å². The summed E-state index contributed by atoms with van der Waals surface area (Å²) in [5, 5.41) is 0. The number of halogens is 5. The van der Waals surface area contributed by atoms with Gasteiger partial charge in [0.1, 0.15) is 0 Å². The van der Waals surface area contributed by atoms with Gasteiger partial charge >= 0.3 is 100 Å². The Bertz CT molecular complexity index is 2060. The third-order valence-corrected chi connectivity index (χ3v) is 8.16. The molecule has 8 rings (SSSR count). The van der Waals surface area contributed by atoms with E-state index in [0.29, 0.717) is 26.1 Å². The van der Waals surface area contributed by atoms with E-state index in [1.165, 1.54) is 0 Å². The number of aromatic nitrogens is 8. The van der Waals surface area contributed by atoms with Gasteiger partial charge in [-0.2, -0.15) is 0 Å². The summed E-state index contributed by atoms with van der Waals surface area (Å²) in [6.07, 6.45) is 0. The molecule has 0 aliphatic heterocycles. The smallest absolute Gasteiger partial charge is 0 e. The normalized spacial score (nSPS) is 9.42. The molecule has 0 saturated heterocycles. The first-order valence-electron chi connectivity index (χ1n) is 19.1. The Morgan fingerprint density at radius 1 is 0.308 bits per heavy atom. The zero-order chi connectivity index (χ0) is 45.3. The van der Waals surface area contributed by atoms with Crippen molar-refractivity contribution in [3.05, 3.63) is 191 Å². The summed E-state index contributed by atoms with van der Waals surface area (Å²) >= 11 is 5.68. The first-order valence-corrected chi connectivity index (χ1v) is 34.5. The van der Waals surface area contributed by atoms with E-state index < -0.39 is 0 Å². The minimum atomic E-state index is 0. The van der Waals surface area contributed by atoms with Crippen LogP contribution in [0.1, 0.15) is 45.6 Å². The second-order valence-corrected chi connectivity index (χ2v) is 31.4. The summed E-state index contributed by atoms with van der Waals surface area (Å²) in [5.74, 6) is 0. The van der Waals surface area contributed by atoms with Crippen LogP contribution in [0.15, 0.2) is 146 Å². The SMILES string of the molecule is Cc1cccc(-c2cccc(C)n2)n1.Cc1cccc(-c2cccc(C)n2)n1.Cc1cccc(-c2cccc(C)n2)n1.Cc1cccc(-c2cccc(C)n2)n1.I[I-]I.[Cl][Co][Cl].[CoH2].[Co].[Co]. The molecule has 0 saturated carbocycles. The molecular formula is C48H50Cl2Co4I3N8-. The molecule has 8 aromatic rings. The number of hydrogen-bond acceptors (Lipinski definition) is 8. The third kappa shape index (κ3) is 25.3. The van der Waals surface area contributed by atoms with Gasteiger partial charge in [-0.1, -0.05) is 48.5 Å². The van der Waals surface area contributed by atoms with Crippen molar-refractivity contribution in [2.24, 2.45) is 0 Å². The summed E-state index contributed by atoms with van der Waals surface area (Å²) in [6.45, 7) is 15.9. The van der Waals surface area contributed by atoms with Crippen LogP contribution in [-0.4, -0.2) is 39.9 Å². The summed E-state index contributed by atoms with van der Waals surface area (Å²) in [7, 11) is 9.47. The van der Waals surface area contributed by atoms with Crippen molar-refractivity contribution < 1.29 is 76.5 Å². The van der Waals surface area contributed by atoms with Gasteiger partial charge in [-0.05, 0) is 152 Å². The minimum Gasteiger partial charge on any atom is 0 e. The summed E-state index contributed by atoms with van der Waals surface area (Å²) in [5.41, 5.74) is 15.7. The molecule has 8 aromatic heterocycles. The number of pyridine rings is 8. The fourth-order valence-corrected chi connectivity index (χ4v) is 5.49. The van der Waals surface area contributed by atoms with E-state index in [1.54, 1.807) is 0 Å². The van der Waals surface area contributed by atoms with Crippen LogP contribution < -0.4 is 13.3 Å². The van der Waals surface area contributed by atoms with Crippen LogP contribution in [0.4, 0.5) is 0 Å². The Kier molecular flexibility index (Phi) is 34.9. The molecule has 0 aliphatic carbocycles. The molecule has 17 heteroatoms. The van der Waals surface area contributed by atoms with Crippen molar-refractivity contribution in [1.29, 1.82) is 0 Å². The number of nitrogens with zero attached hydrogens (tertiary/aromatic N) is 8. The maximum absolute atomic E-state index is 4.73. The van der Waals surface area contributed by atoms with Gasteiger partial charge in [0.2, 0.25) is 0 Å². The topological polar surface area (TPSA) is 103 Å². The van der Waals surface area contributed by atoms with Crippen LogP contribution in [0.25, 0.3) is 45.6 Å². The van der Waals surface area contributed by atoms with Gasteiger partial charge in [0.15, 0.2) is 0 Å². The van der Waals surface area contributed by atoms with Crippen molar-refractivity contribution in [2.45, 2.75) is 55.4 Å². The second-order valence-electron chi connectivity index (χ2n) is 13.4. The quantitative estimate of drug-likeness (QED) is 0.161. The summed E-state index contributed by atoms with van der Waals surface area (Å²) in [4.78, 5) is 35.4. The first-order chi connectivity index (χ1) is 29.8. The molecule has 0 amide bonds. The fraction of sp³-hybridized carbons (Fsp3) is 0.167. The van der Waals surface area contributed by atoms with E-state index in [9.17, 15) is 0 Å². The molecular weight excluding hydrogens is 1380 g/mol. The molecule has 354 valence electrons. The van der Waals surface area contributed by atoms with Crippen molar-refractivity contribution in [3.8, 4) is 45.6 Å². The van der Waals surface area contributed by atoms with Crippen LogP contribution >= 0.6 is 57.5 Å². The van der Waals surface area contributed by atoms with Gasteiger partial charge in [0.25, 0.3) is 0 Å². The Labute approximate surface area is 460 Å². The summed E-state index contributed by atoms with van der Waals surface area (Å²) in [6, 6.07) is 47.7. The first kappa shape index (κ1) is 63.0. The number of aryl methyl sites for hydroxylation is 8. The minimum absolute atomic E-state index is 0. The number of rotatable bonds is 4. The zero-order valence-electron chi connectivity index (χ0n) is 36.7. The van der Waals surface area contributed by atoms with Gasteiger partial charge in [0, 0.05) is 79.1 Å². The third-order valence-electron chi connectivity index (χ3n) is 8.16. The van der Waals surface area contributed by atoms with Crippen molar-refractivity contribution in [3.63, 3.8) is 0 Å². The van der Waals surface area contributed by atoms with Crippen LogP contribution in [0.5, 0.6) is 0 Å². The number of hydrogen-bond donors (Lipinski definition) is 0. The average molecular weight is 1430 g/mol. The van der Waals surface area contributed by atoms with E-state index in [-0.39, 0.29) is 50.3 Å². The van der Waals surface area contributed by atoms with Gasteiger partial charge in [-0.15, -0.1) is 0 Å². The van der Waals surface area contributed by atoms with Crippen LogP contribution in [0.3, 0.4) is 0 Å². The molecule has 0 atom stereocenters. The maximum atomic E-state index is 4.73. The van der Waals surface area contributed by atoms with Gasteiger partial charge in [-0.3, -0.25) is 39.9 Å². The van der Waals surface area contributed by atoms with Gasteiger partial charge in [0.05, 0.1) is 45.6 Å². The Morgan fingerprint density at radius 2 is 0.400 bits per heavy atom. The van der Waals surface area contributed by atoms with Crippen LogP contribution in [0, 0.1) is 55.4 Å². The van der Waals surface area contributed by atoms with Gasteiger partial charge < -0.3 is 0 Å². The van der Waals surface area contributed by atoms with Crippen LogP contribution in [0.2, 0.25) is 0 Å². The monoisotopic (exact) mass is 1420 g/mol. The Balaban J connectivity index is 0.000000794. The molecule has 65 heavy (non-hydrogen) atoms. The van der Waals surface area contributed by atoms with Crippen molar-refractivity contribution >= 4 is 57.5 Å². The molecule has 8 heterocycles. The largest absolute Gasteiger partial charge is 0 e. The van der Waals surface area contributed by atoms with Crippen LogP contribution in [-0.2, 0) is 63.2 Å². The molecule has 0 spiro atoms. The maximum Gasteiger partial charge on any atom is 0 e. The van der Waals surface area contributed by atoms with Crippen molar-refractivity contribution in [2.75, 3.05) is 0 Å². The van der Waals surface area contributed by atoms with E-state index in [2.05, 4.69) is 77.1 Å². The van der Waals surface area contributed by atoms with E-state index in [4.69, 9.17) is 20.3 Å². The standard InChI is InChI=1S/4C12H12N2.2ClH.4Co.I3.2H/c4*1-9-5-3-7-11(13-9)12-8-4-6-10(2)14-12;;;;;;;1-3-2;;/h4*3-8H,1-2H3;2*1H;;;;;;;/q;;;;;;;;;+2;-1;;/p-2. The fourth-order valence-electron chi connectivity index (χ4n) is 5.49. The molecule has 0 N–H and O–H groups in total. The van der Waals surface area contributed by atoms with E-state index in [0.717, 1.165) is 91.1 Å². The zero-order valence-corrected chi connectivity index (χ0v) is 49.0. The summed E-state index contributed by atoms with van der Waals surface area (Å²) < 4.78 is 0. The molecule has 0 fully saturated rings. The van der Waals surface area contributed by atoms with E-state index >= 15 is 0 Å². The average Bonchev–Trinajstić information content (AvgIpc) is 3.25.